The molecule has 0 saturated heterocycles. The van der Waals surface area contributed by atoms with Gasteiger partial charge in [0.1, 0.15) is 11.3 Å². The molecular weight excluding hydrogens is 216 g/mol. The number of carboxylic acid groups (broad SMARTS) is 1. The van der Waals surface area contributed by atoms with Crippen molar-refractivity contribution >= 4 is 5.97 Å². The Hall–Kier alpha value is -1.51. The number of aryl methyl sites for hydroxylation is 1. The van der Waals surface area contributed by atoms with Gasteiger partial charge in [0, 0.05) is 0 Å². The molecule has 0 aliphatic rings. The number of hydrogen-bond donors (Lipinski definition) is 1. The Morgan fingerprint density at radius 1 is 1.29 bits per heavy atom. The van der Waals surface area contributed by atoms with Gasteiger partial charge >= 0.3 is 5.97 Å². The Labute approximate surface area is 102 Å². The summed E-state index contributed by atoms with van der Waals surface area (Å²) < 4.78 is 5.64. The summed E-state index contributed by atoms with van der Waals surface area (Å²) in [5.74, 6) is -0.371. The fourth-order valence-corrected chi connectivity index (χ4v) is 1.71. The number of hydrogen-bond acceptors (Lipinski definition) is 2. The van der Waals surface area contributed by atoms with E-state index < -0.39 is 5.97 Å². The lowest BCUT2D eigenvalue weighted by atomic mass is 10.0. The molecule has 0 bridgehead atoms. The maximum Gasteiger partial charge on any atom is 0.339 e. The molecule has 0 spiro atoms. The molecule has 0 unspecified atom stereocenters. The van der Waals surface area contributed by atoms with Crippen LogP contribution in [0.4, 0.5) is 0 Å². The molecule has 3 nitrogen and oxygen atoms in total. The Morgan fingerprint density at radius 3 is 2.65 bits per heavy atom. The number of rotatable bonds is 7. The van der Waals surface area contributed by atoms with Crippen LogP contribution in [-0.4, -0.2) is 17.7 Å². The average molecular weight is 236 g/mol. The Kier molecular flexibility index (Phi) is 5.53. The zero-order chi connectivity index (χ0) is 12.7. The number of ether oxygens (including phenoxy) is 1. The van der Waals surface area contributed by atoms with Gasteiger partial charge in [0.2, 0.25) is 0 Å². The minimum atomic E-state index is -0.922. The summed E-state index contributed by atoms with van der Waals surface area (Å²) in [5.41, 5.74) is 1.26. The second-order valence-corrected chi connectivity index (χ2v) is 4.05. The number of unbranched alkanes of at least 4 members (excludes halogenated alkanes) is 1. The van der Waals surface area contributed by atoms with Gasteiger partial charge in [0.15, 0.2) is 0 Å². The van der Waals surface area contributed by atoms with E-state index in [0.717, 1.165) is 31.2 Å². The molecule has 0 radical (unpaired) electrons. The highest BCUT2D eigenvalue weighted by atomic mass is 16.5. The minimum Gasteiger partial charge on any atom is -0.492 e. The van der Waals surface area contributed by atoms with Crippen molar-refractivity contribution in [1.29, 1.82) is 0 Å². The molecule has 0 atom stereocenters. The Morgan fingerprint density at radius 2 is 2.06 bits per heavy atom. The van der Waals surface area contributed by atoms with Crippen molar-refractivity contribution in [3.63, 3.8) is 0 Å². The van der Waals surface area contributed by atoms with E-state index in [1.165, 1.54) is 0 Å². The molecule has 0 saturated carbocycles. The number of carbonyl (C=O) groups is 1. The maximum absolute atomic E-state index is 11.1. The van der Waals surface area contributed by atoms with Crippen LogP contribution in [0.15, 0.2) is 18.2 Å². The molecule has 0 aromatic heterocycles. The number of para-hydroxylation sites is 1. The lowest BCUT2D eigenvalue weighted by Crippen LogP contribution is -2.07. The molecule has 0 amide bonds. The Balaban J connectivity index is 2.96. The monoisotopic (exact) mass is 236 g/mol. The highest BCUT2D eigenvalue weighted by Crippen LogP contribution is 2.25. The first-order valence-corrected chi connectivity index (χ1v) is 6.18. The molecule has 1 N–H and O–H groups in total. The first-order chi connectivity index (χ1) is 8.20. The smallest absolute Gasteiger partial charge is 0.339 e. The van der Waals surface area contributed by atoms with Gasteiger partial charge in [-0.3, -0.25) is 0 Å². The van der Waals surface area contributed by atoms with E-state index in [-0.39, 0.29) is 5.56 Å². The van der Waals surface area contributed by atoms with Crippen molar-refractivity contribution < 1.29 is 14.6 Å². The van der Waals surface area contributed by atoms with E-state index in [1.807, 2.05) is 6.07 Å². The first-order valence-electron chi connectivity index (χ1n) is 6.18. The normalized spacial score (nSPS) is 10.2. The molecule has 0 aliphatic carbocycles. The highest BCUT2D eigenvalue weighted by molar-refractivity contribution is 5.91. The molecule has 3 heteroatoms. The van der Waals surface area contributed by atoms with Crippen LogP contribution < -0.4 is 4.74 Å². The van der Waals surface area contributed by atoms with Crippen molar-refractivity contribution in [3.05, 3.63) is 29.3 Å². The van der Waals surface area contributed by atoms with Crippen molar-refractivity contribution in [2.24, 2.45) is 0 Å². The van der Waals surface area contributed by atoms with Gasteiger partial charge in [0.05, 0.1) is 6.61 Å². The van der Waals surface area contributed by atoms with Crippen LogP contribution in [0.3, 0.4) is 0 Å². The molecule has 94 valence electrons. The summed E-state index contributed by atoms with van der Waals surface area (Å²) in [7, 11) is 0. The third-order valence-corrected chi connectivity index (χ3v) is 2.59. The zero-order valence-electron chi connectivity index (χ0n) is 10.5. The number of benzene rings is 1. The zero-order valence-corrected chi connectivity index (χ0v) is 10.5. The lowest BCUT2D eigenvalue weighted by molar-refractivity contribution is 0.0692. The van der Waals surface area contributed by atoms with E-state index in [0.29, 0.717) is 12.4 Å². The fraction of sp³-hybridized carbons (Fsp3) is 0.500. The third kappa shape index (κ3) is 3.77. The highest BCUT2D eigenvalue weighted by Gasteiger charge is 2.14. The molecule has 1 aromatic carbocycles. The SMILES string of the molecule is CCCCOc1c(CCC)cccc1C(=O)O. The summed E-state index contributed by atoms with van der Waals surface area (Å²) in [6.45, 7) is 4.74. The molecule has 1 rings (SSSR count). The summed E-state index contributed by atoms with van der Waals surface area (Å²) in [6, 6.07) is 5.32. The van der Waals surface area contributed by atoms with E-state index >= 15 is 0 Å². The third-order valence-electron chi connectivity index (χ3n) is 2.59. The quantitative estimate of drug-likeness (QED) is 0.737. The minimum absolute atomic E-state index is 0.270. The number of carboxylic acids is 1. The van der Waals surface area contributed by atoms with Crippen LogP contribution in [0.25, 0.3) is 0 Å². The predicted molar refractivity (Wildman–Crippen MR) is 67.8 cm³/mol. The van der Waals surface area contributed by atoms with Crippen LogP contribution >= 0.6 is 0 Å². The van der Waals surface area contributed by atoms with Gasteiger partial charge in [-0.05, 0) is 24.5 Å². The second-order valence-electron chi connectivity index (χ2n) is 4.05. The van der Waals surface area contributed by atoms with Gasteiger partial charge in [-0.1, -0.05) is 38.8 Å². The van der Waals surface area contributed by atoms with Crippen LogP contribution in [0.1, 0.15) is 49.0 Å². The predicted octanol–water partition coefficient (Wildman–Crippen LogP) is 3.52. The average Bonchev–Trinajstić information content (AvgIpc) is 2.31. The van der Waals surface area contributed by atoms with E-state index in [1.54, 1.807) is 12.1 Å². The molecular formula is C14H20O3. The Bertz CT molecular complexity index is 372. The molecule has 17 heavy (non-hydrogen) atoms. The summed E-state index contributed by atoms with van der Waals surface area (Å²) in [4.78, 5) is 11.1. The van der Waals surface area contributed by atoms with E-state index in [9.17, 15) is 4.79 Å². The second kappa shape index (κ2) is 6.94. The molecule has 1 aromatic rings. The molecule has 0 heterocycles. The van der Waals surface area contributed by atoms with E-state index in [2.05, 4.69) is 13.8 Å². The van der Waals surface area contributed by atoms with Crippen LogP contribution in [0.5, 0.6) is 5.75 Å². The van der Waals surface area contributed by atoms with Gasteiger partial charge in [-0.25, -0.2) is 4.79 Å². The van der Waals surface area contributed by atoms with Gasteiger partial charge in [0.25, 0.3) is 0 Å². The van der Waals surface area contributed by atoms with Crippen molar-refractivity contribution in [2.75, 3.05) is 6.61 Å². The summed E-state index contributed by atoms with van der Waals surface area (Å²) in [5, 5.41) is 9.13. The molecule has 0 aliphatic heterocycles. The first kappa shape index (κ1) is 13.6. The van der Waals surface area contributed by atoms with Gasteiger partial charge in [-0.15, -0.1) is 0 Å². The topological polar surface area (TPSA) is 46.5 Å². The van der Waals surface area contributed by atoms with Crippen LogP contribution in [-0.2, 0) is 6.42 Å². The summed E-state index contributed by atoms with van der Waals surface area (Å²) in [6.07, 6.45) is 3.81. The van der Waals surface area contributed by atoms with Gasteiger partial charge < -0.3 is 9.84 Å². The van der Waals surface area contributed by atoms with E-state index in [4.69, 9.17) is 9.84 Å². The standard InChI is InChI=1S/C14H20O3/c1-3-5-10-17-13-11(7-4-2)8-6-9-12(13)14(15)16/h6,8-9H,3-5,7,10H2,1-2H3,(H,15,16). The summed E-state index contributed by atoms with van der Waals surface area (Å²) >= 11 is 0. The van der Waals surface area contributed by atoms with Crippen molar-refractivity contribution in [1.82, 2.24) is 0 Å². The van der Waals surface area contributed by atoms with Gasteiger partial charge in [-0.2, -0.15) is 0 Å². The van der Waals surface area contributed by atoms with Crippen molar-refractivity contribution in [3.8, 4) is 5.75 Å². The maximum atomic E-state index is 11.1. The largest absolute Gasteiger partial charge is 0.492 e. The fourth-order valence-electron chi connectivity index (χ4n) is 1.71. The lowest BCUT2D eigenvalue weighted by Gasteiger charge is -2.13. The molecule has 0 fully saturated rings. The van der Waals surface area contributed by atoms with Crippen LogP contribution in [0.2, 0.25) is 0 Å². The van der Waals surface area contributed by atoms with Crippen LogP contribution in [0, 0.1) is 0 Å². The van der Waals surface area contributed by atoms with Crippen molar-refractivity contribution in [2.45, 2.75) is 39.5 Å². The number of aromatic carboxylic acids is 1.